The first-order valence-electron chi connectivity index (χ1n) is 13.7. The lowest BCUT2D eigenvalue weighted by Crippen LogP contribution is -2.22. The minimum atomic E-state index is -0.672. The molecule has 4 heterocycles. The Labute approximate surface area is 266 Å². The first-order valence-corrected chi connectivity index (χ1v) is 15.4. The summed E-state index contributed by atoms with van der Waals surface area (Å²) in [6.07, 6.45) is 3.47. The molecule has 10 nitrogen and oxygen atoms in total. The number of hydrogen-bond donors (Lipinski definition) is 0. The second-order valence-electron chi connectivity index (χ2n) is 9.27. The van der Waals surface area contributed by atoms with Crippen LogP contribution in [0.25, 0.3) is 22.8 Å². The summed E-state index contributed by atoms with van der Waals surface area (Å²) in [5, 5.41) is 9.44. The van der Waals surface area contributed by atoms with E-state index >= 15 is 0 Å². The summed E-state index contributed by atoms with van der Waals surface area (Å²) in [5.41, 5.74) is 3.76. The lowest BCUT2D eigenvalue weighted by molar-refractivity contribution is -0.127. The molecule has 45 heavy (non-hydrogen) atoms. The molecular weight excluding hydrogens is 611 g/mol. The molecule has 0 aliphatic heterocycles. The Balaban J connectivity index is 1.02. The molecule has 0 amide bonds. The Kier molecular flexibility index (Phi) is 9.43. The van der Waals surface area contributed by atoms with Crippen molar-refractivity contribution in [1.82, 2.24) is 19.9 Å². The average molecular weight is 636 g/mol. The number of thiazole rings is 2. The van der Waals surface area contributed by atoms with Gasteiger partial charge in [0.1, 0.15) is 47.6 Å². The Bertz CT molecular complexity index is 1880. The number of ether oxygens (including phenoxy) is 3. The van der Waals surface area contributed by atoms with Crippen molar-refractivity contribution in [2.75, 3.05) is 7.11 Å². The van der Waals surface area contributed by atoms with Gasteiger partial charge < -0.3 is 19.0 Å². The van der Waals surface area contributed by atoms with E-state index in [1.807, 2.05) is 47.2 Å². The van der Waals surface area contributed by atoms with Gasteiger partial charge in [0, 0.05) is 28.7 Å². The Morgan fingerprint density at radius 1 is 0.667 bits per heavy atom. The van der Waals surface area contributed by atoms with Crippen molar-refractivity contribution in [1.29, 1.82) is 0 Å². The van der Waals surface area contributed by atoms with Crippen molar-refractivity contribution in [2.24, 2.45) is 5.16 Å². The van der Waals surface area contributed by atoms with E-state index < -0.39 is 5.97 Å². The molecule has 0 radical (unpaired) electrons. The number of hydrogen-bond acceptors (Lipinski definition) is 12. The van der Waals surface area contributed by atoms with E-state index in [0.29, 0.717) is 36.0 Å². The molecule has 12 heteroatoms. The van der Waals surface area contributed by atoms with Crippen LogP contribution in [0.4, 0.5) is 0 Å². The average Bonchev–Trinajstić information content (AvgIpc) is 3.78. The Hall–Kier alpha value is -5.46. The quantitative estimate of drug-likeness (QED) is 0.0617. The van der Waals surface area contributed by atoms with E-state index in [2.05, 4.69) is 25.1 Å². The maximum Gasteiger partial charge on any atom is 0.366 e. The lowest BCUT2D eigenvalue weighted by atomic mass is 10.1. The van der Waals surface area contributed by atoms with Gasteiger partial charge in [0.15, 0.2) is 5.71 Å². The van der Waals surface area contributed by atoms with Crippen molar-refractivity contribution in [3.8, 4) is 40.0 Å². The molecule has 224 valence electrons. The van der Waals surface area contributed by atoms with Gasteiger partial charge in [-0.15, -0.1) is 22.7 Å². The number of benzene rings is 2. The molecule has 0 fully saturated rings. The third kappa shape index (κ3) is 7.74. The highest BCUT2D eigenvalue weighted by atomic mass is 32.1. The molecule has 0 aliphatic carbocycles. The lowest BCUT2D eigenvalue weighted by Gasteiger charge is -2.09. The van der Waals surface area contributed by atoms with Gasteiger partial charge in [-0.3, -0.25) is 9.97 Å². The van der Waals surface area contributed by atoms with E-state index in [1.54, 1.807) is 60.9 Å². The molecule has 0 N–H and O–H groups in total. The second-order valence-corrected chi connectivity index (χ2v) is 11.2. The van der Waals surface area contributed by atoms with Crippen molar-refractivity contribution in [3.05, 3.63) is 124 Å². The van der Waals surface area contributed by atoms with Crippen LogP contribution in [0.5, 0.6) is 17.2 Å². The van der Waals surface area contributed by atoms with Crippen LogP contribution in [0.15, 0.2) is 113 Å². The summed E-state index contributed by atoms with van der Waals surface area (Å²) in [4.78, 5) is 35.8. The van der Waals surface area contributed by atoms with Crippen LogP contribution < -0.4 is 14.2 Å². The molecular formula is C33H25N5O5S2. The fourth-order valence-corrected chi connectivity index (χ4v) is 5.47. The summed E-state index contributed by atoms with van der Waals surface area (Å²) in [7, 11) is 1.37. The molecule has 0 unspecified atom stereocenters. The number of carbonyl (C=O) groups excluding carboxylic acids is 1. The molecule has 0 spiro atoms. The molecule has 0 saturated heterocycles. The number of rotatable bonds is 12. The first-order chi connectivity index (χ1) is 22.1. The van der Waals surface area contributed by atoms with Crippen molar-refractivity contribution >= 4 is 34.4 Å². The summed E-state index contributed by atoms with van der Waals surface area (Å²) in [6.45, 7) is 0.602. The number of carbonyl (C=O) groups is 1. The first kappa shape index (κ1) is 29.6. The van der Waals surface area contributed by atoms with E-state index in [-0.39, 0.29) is 5.71 Å². The fraction of sp³-hybridized carbons (Fsp3) is 0.0909. The summed E-state index contributed by atoms with van der Waals surface area (Å²) in [5.74, 6) is 0.876. The van der Waals surface area contributed by atoms with Crippen molar-refractivity contribution in [3.63, 3.8) is 0 Å². The zero-order chi connectivity index (χ0) is 30.8. The van der Waals surface area contributed by atoms with Crippen molar-refractivity contribution in [2.45, 2.75) is 13.2 Å². The van der Waals surface area contributed by atoms with Gasteiger partial charge in [0.05, 0.1) is 22.8 Å². The zero-order valence-corrected chi connectivity index (χ0v) is 25.5. The maximum atomic E-state index is 13.0. The van der Waals surface area contributed by atoms with E-state index in [0.717, 1.165) is 32.8 Å². The van der Waals surface area contributed by atoms with E-state index in [1.165, 1.54) is 29.8 Å². The normalized spacial score (nSPS) is 11.2. The number of nitrogens with zero attached hydrogens (tertiary/aromatic N) is 5. The van der Waals surface area contributed by atoms with Gasteiger partial charge in [-0.25, -0.2) is 14.8 Å². The summed E-state index contributed by atoms with van der Waals surface area (Å²) >= 11 is 3.00. The number of pyridine rings is 2. The fourth-order valence-electron chi connectivity index (χ4n) is 4.08. The standard InChI is InChI=1S/C33H25N5O5S2/c1-40-38-32(22-8-10-23(11-9-22)41-18-30-36-28(20-44-30)26-6-2-4-16-34-26)33(39)43-25-14-12-24(13-15-25)42-19-31-37-29(21-45-31)27-7-3-5-17-35-27/h2-17,20-21H,18-19H2,1H3. The molecule has 0 atom stereocenters. The van der Waals surface area contributed by atoms with Crippen molar-refractivity contribution < 1.29 is 23.8 Å². The summed E-state index contributed by atoms with van der Waals surface area (Å²) < 4.78 is 17.3. The predicted molar refractivity (Wildman–Crippen MR) is 171 cm³/mol. The Morgan fingerprint density at radius 3 is 1.67 bits per heavy atom. The summed E-state index contributed by atoms with van der Waals surface area (Å²) in [6, 6.07) is 25.1. The van der Waals surface area contributed by atoms with Crippen LogP contribution in [0.3, 0.4) is 0 Å². The van der Waals surface area contributed by atoms with E-state index in [9.17, 15) is 4.79 Å². The van der Waals surface area contributed by atoms with Crippen LogP contribution in [0, 0.1) is 0 Å². The number of esters is 1. The molecule has 0 aliphatic rings. The van der Waals surface area contributed by atoms with Crippen LogP contribution >= 0.6 is 22.7 Å². The second kappa shape index (κ2) is 14.3. The Morgan fingerprint density at radius 2 is 1.18 bits per heavy atom. The van der Waals surface area contributed by atoms with Gasteiger partial charge >= 0.3 is 5.97 Å². The van der Waals surface area contributed by atoms with Crippen LogP contribution in [-0.4, -0.2) is 38.7 Å². The maximum absolute atomic E-state index is 13.0. The molecule has 6 rings (SSSR count). The molecule has 0 bridgehead atoms. The van der Waals surface area contributed by atoms with Gasteiger partial charge in [0.2, 0.25) is 0 Å². The van der Waals surface area contributed by atoms with Gasteiger partial charge in [-0.2, -0.15) is 0 Å². The van der Waals surface area contributed by atoms with Crippen LogP contribution in [0.1, 0.15) is 15.6 Å². The predicted octanol–water partition coefficient (Wildman–Crippen LogP) is 6.84. The molecule has 2 aromatic carbocycles. The van der Waals surface area contributed by atoms with Crippen LogP contribution in [-0.2, 0) is 22.8 Å². The largest absolute Gasteiger partial charge is 0.486 e. The monoisotopic (exact) mass is 635 g/mol. The smallest absolute Gasteiger partial charge is 0.366 e. The number of oxime groups is 1. The SMILES string of the molecule is CON=C(C(=O)Oc1ccc(OCc2nc(-c3ccccn3)cs2)cc1)c1ccc(OCc2nc(-c3ccccn3)cs2)cc1. The van der Waals surface area contributed by atoms with Gasteiger partial charge in [-0.05, 0) is 72.8 Å². The minimum Gasteiger partial charge on any atom is -0.486 e. The van der Waals surface area contributed by atoms with Gasteiger partial charge in [0.25, 0.3) is 0 Å². The third-order valence-electron chi connectivity index (χ3n) is 6.22. The highest BCUT2D eigenvalue weighted by molar-refractivity contribution is 7.10. The highest BCUT2D eigenvalue weighted by Crippen LogP contribution is 2.24. The van der Waals surface area contributed by atoms with Crippen LogP contribution in [0.2, 0.25) is 0 Å². The third-order valence-corrected chi connectivity index (χ3v) is 7.87. The molecule has 0 saturated carbocycles. The molecule has 4 aromatic heterocycles. The topological polar surface area (TPSA) is 118 Å². The van der Waals surface area contributed by atoms with Gasteiger partial charge in [-0.1, -0.05) is 17.3 Å². The number of aromatic nitrogens is 4. The van der Waals surface area contributed by atoms with E-state index in [4.69, 9.17) is 19.0 Å². The highest BCUT2D eigenvalue weighted by Gasteiger charge is 2.18. The minimum absolute atomic E-state index is 0.0109. The molecule has 6 aromatic rings. The zero-order valence-electron chi connectivity index (χ0n) is 23.9.